The third-order valence-electron chi connectivity index (χ3n) is 4.97. The van der Waals surface area contributed by atoms with Crippen molar-refractivity contribution in [2.24, 2.45) is 0 Å². The Bertz CT molecular complexity index is 802. The van der Waals surface area contributed by atoms with Crippen molar-refractivity contribution in [3.05, 3.63) is 41.3 Å². The molecule has 1 fully saturated rings. The van der Waals surface area contributed by atoms with Gasteiger partial charge in [0, 0.05) is 5.56 Å². The number of carboxylic acid groups (broad SMARTS) is 1. The van der Waals surface area contributed by atoms with Crippen LogP contribution >= 0.6 is 0 Å². The summed E-state index contributed by atoms with van der Waals surface area (Å²) in [6, 6.07) is 8.01. The van der Waals surface area contributed by atoms with Crippen LogP contribution in [-0.4, -0.2) is 46.1 Å². The molecule has 1 aromatic carbocycles. The van der Waals surface area contributed by atoms with Crippen LogP contribution in [0.2, 0.25) is 0 Å². The molecule has 0 aliphatic heterocycles. The van der Waals surface area contributed by atoms with Crippen molar-refractivity contribution in [3.63, 3.8) is 0 Å². The van der Waals surface area contributed by atoms with Gasteiger partial charge in [-0.1, -0.05) is 17.7 Å². The molecule has 1 aliphatic rings. The summed E-state index contributed by atoms with van der Waals surface area (Å²) < 4.78 is 17.4. The fourth-order valence-corrected chi connectivity index (χ4v) is 3.36. The maximum atomic E-state index is 10.7. The van der Waals surface area contributed by atoms with Crippen LogP contribution in [0.15, 0.2) is 28.7 Å². The van der Waals surface area contributed by atoms with Gasteiger partial charge in [0.15, 0.2) is 6.10 Å². The molecular weight excluding hydrogens is 362 g/mol. The maximum Gasteiger partial charge on any atom is 0.334 e. The van der Waals surface area contributed by atoms with Crippen LogP contribution in [0.1, 0.15) is 42.7 Å². The van der Waals surface area contributed by atoms with Gasteiger partial charge in [-0.15, -0.1) is 0 Å². The lowest BCUT2D eigenvalue weighted by Crippen LogP contribution is -2.33. The zero-order valence-electron chi connectivity index (χ0n) is 16.3. The summed E-state index contributed by atoms with van der Waals surface area (Å²) in [7, 11) is 0. The van der Waals surface area contributed by atoms with Crippen molar-refractivity contribution < 1.29 is 28.9 Å². The van der Waals surface area contributed by atoms with Gasteiger partial charge in [0.1, 0.15) is 11.5 Å². The molecule has 1 aromatic heterocycles. The Morgan fingerprint density at radius 1 is 1.29 bits per heavy atom. The molecule has 1 saturated carbocycles. The number of nitrogens with zero attached hydrogens (tertiary/aromatic N) is 1. The number of carbonyl (C=O) groups is 1. The minimum absolute atomic E-state index is 0.0132. The Morgan fingerprint density at radius 3 is 2.75 bits per heavy atom. The summed E-state index contributed by atoms with van der Waals surface area (Å²) in [5.74, 6) is 0.0616. The number of hydrogen-bond donors (Lipinski definition) is 2. The zero-order chi connectivity index (χ0) is 20.1. The summed E-state index contributed by atoms with van der Waals surface area (Å²) in [6.07, 6.45) is 1.79. The van der Waals surface area contributed by atoms with Gasteiger partial charge < -0.3 is 24.1 Å². The minimum atomic E-state index is -1.49. The first kappa shape index (κ1) is 20.5. The van der Waals surface area contributed by atoms with E-state index >= 15 is 0 Å². The minimum Gasteiger partial charge on any atom is -0.479 e. The van der Waals surface area contributed by atoms with Gasteiger partial charge >= 0.3 is 5.97 Å². The van der Waals surface area contributed by atoms with Crippen molar-refractivity contribution >= 4 is 5.97 Å². The fourth-order valence-electron chi connectivity index (χ4n) is 3.36. The second kappa shape index (κ2) is 9.32. The quantitative estimate of drug-likeness (QED) is 0.714. The zero-order valence-corrected chi connectivity index (χ0v) is 16.3. The van der Waals surface area contributed by atoms with E-state index in [2.05, 4.69) is 4.98 Å². The molecule has 0 amide bonds. The highest BCUT2D eigenvalue weighted by Crippen LogP contribution is 2.27. The molecule has 2 N–H and O–H groups in total. The van der Waals surface area contributed by atoms with Crippen LogP contribution < -0.4 is 0 Å². The van der Waals surface area contributed by atoms with Gasteiger partial charge in [-0.2, -0.15) is 0 Å². The lowest BCUT2D eigenvalue weighted by molar-refractivity contribution is -0.152. The van der Waals surface area contributed by atoms with Crippen LogP contribution in [0, 0.1) is 13.8 Å². The van der Waals surface area contributed by atoms with E-state index in [9.17, 15) is 9.90 Å². The van der Waals surface area contributed by atoms with Crippen LogP contribution in [0.4, 0.5) is 0 Å². The Morgan fingerprint density at radius 2 is 2.04 bits per heavy atom. The van der Waals surface area contributed by atoms with E-state index in [4.69, 9.17) is 19.0 Å². The number of carboxylic acids is 1. The van der Waals surface area contributed by atoms with Crippen LogP contribution in [-0.2, 0) is 20.9 Å². The summed E-state index contributed by atoms with van der Waals surface area (Å²) in [5, 5.41) is 18.1. The number of aliphatic carboxylic acids is 1. The number of aryl methyl sites for hydroxylation is 2. The van der Waals surface area contributed by atoms with Crippen molar-refractivity contribution in [3.8, 4) is 11.5 Å². The molecule has 0 radical (unpaired) electrons. The molecular formula is C21H27NO6. The second-order valence-electron chi connectivity index (χ2n) is 7.30. The van der Waals surface area contributed by atoms with E-state index in [-0.39, 0.29) is 18.8 Å². The molecule has 1 unspecified atom stereocenters. The van der Waals surface area contributed by atoms with E-state index in [1.807, 2.05) is 38.1 Å². The average Bonchev–Trinajstić information content (AvgIpc) is 3.05. The van der Waals surface area contributed by atoms with Crippen molar-refractivity contribution in [2.45, 2.75) is 64.4 Å². The summed E-state index contributed by atoms with van der Waals surface area (Å²) >= 11 is 0. The Hall–Kier alpha value is -2.22. The third kappa shape index (κ3) is 5.41. The van der Waals surface area contributed by atoms with Gasteiger partial charge in [-0.25, -0.2) is 9.78 Å². The van der Waals surface area contributed by atoms with Crippen LogP contribution in [0.5, 0.6) is 0 Å². The summed E-state index contributed by atoms with van der Waals surface area (Å²) in [5.41, 5.74) is 2.87. The van der Waals surface area contributed by atoms with Gasteiger partial charge in [-0.3, -0.25) is 0 Å². The first-order valence-electron chi connectivity index (χ1n) is 9.59. The fraction of sp³-hybridized carbons (Fsp3) is 0.524. The van der Waals surface area contributed by atoms with Crippen molar-refractivity contribution in [1.82, 2.24) is 4.98 Å². The first-order chi connectivity index (χ1) is 13.4. The number of hydrogen-bond acceptors (Lipinski definition) is 6. The van der Waals surface area contributed by atoms with E-state index in [0.29, 0.717) is 18.9 Å². The standard InChI is InChI=1S/C21H27NO6/c1-13-5-3-6-15(9-13)20-22-18(14(2)28-20)11-26-16-7-4-8-17(10-16)27-12-19(23)21(24)25/h3,5-6,9,16-17,19,23H,4,7-8,10-12H2,1-2H3,(H,24,25)/t16-,17+,19?/m0/s1. The molecule has 0 saturated heterocycles. The van der Waals surface area contributed by atoms with E-state index in [1.165, 1.54) is 0 Å². The molecule has 7 heteroatoms. The van der Waals surface area contributed by atoms with Gasteiger partial charge in [0.25, 0.3) is 0 Å². The van der Waals surface area contributed by atoms with E-state index in [1.54, 1.807) is 0 Å². The largest absolute Gasteiger partial charge is 0.479 e. The molecule has 1 aliphatic carbocycles. The average molecular weight is 389 g/mol. The highest BCUT2D eigenvalue weighted by atomic mass is 16.5. The normalized spacial score (nSPS) is 20.8. The molecule has 28 heavy (non-hydrogen) atoms. The third-order valence-corrected chi connectivity index (χ3v) is 4.97. The van der Waals surface area contributed by atoms with Gasteiger partial charge in [-0.05, 0) is 51.7 Å². The predicted octanol–water partition coefficient (Wildman–Crippen LogP) is 3.25. The number of rotatable bonds is 8. The smallest absolute Gasteiger partial charge is 0.334 e. The van der Waals surface area contributed by atoms with Crippen LogP contribution in [0.3, 0.4) is 0 Å². The van der Waals surface area contributed by atoms with Crippen molar-refractivity contribution in [1.29, 1.82) is 0 Å². The highest BCUT2D eigenvalue weighted by Gasteiger charge is 2.25. The molecule has 152 valence electrons. The number of benzene rings is 1. The monoisotopic (exact) mass is 389 g/mol. The summed E-state index contributed by atoms with van der Waals surface area (Å²) in [6.45, 7) is 4.07. The Labute approximate surface area is 164 Å². The Kier molecular flexibility index (Phi) is 6.83. The lowest BCUT2D eigenvalue weighted by atomic mass is 9.95. The number of ether oxygens (including phenoxy) is 2. The number of oxazole rings is 1. The number of aromatic nitrogens is 1. The molecule has 0 spiro atoms. The summed E-state index contributed by atoms with van der Waals surface area (Å²) in [4.78, 5) is 15.3. The number of aliphatic hydroxyl groups excluding tert-OH is 1. The van der Waals surface area contributed by atoms with E-state index in [0.717, 1.165) is 41.8 Å². The Balaban J connectivity index is 1.53. The number of aliphatic hydroxyl groups is 1. The molecule has 1 heterocycles. The molecule has 3 atom stereocenters. The first-order valence-corrected chi connectivity index (χ1v) is 9.59. The van der Waals surface area contributed by atoms with Crippen molar-refractivity contribution in [2.75, 3.05) is 6.61 Å². The van der Waals surface area contributed by atoms with E-state index < -0.39 is 12.1 Å². The molecule has 2 aromatic rings. The topological polar surface area (TPSA) is 102 Å². The SMILES string of the molecule is Cc1cccc(-c2nc(CO[C@H]3CCC[C@@H](OCC(O)C(=O)O)C3)c(C)o2)c1. The van der Waals surface area contributed by atoms with Crippen LogP contribution in [0.25, 0.3) is 11.5 Å². The van der Waals surface area contributed by atoms with Gasteiger partial charge in [0.05, 0.1) is 25.4 Å². The molecule has 7 nitrogen and oxygen atoms in total. The molecule has 0 bridgehead atoms. The highest BCUT2D eigenvalue weighted by molar-refractivity contribution is 5.72. The molecule has 3 rings (SSSR count). The maximum absolute atomic E-state index is 10.7. The lowest BCUT2D eigenvalue weighted by Gasteiger charge is -2.29. The second-order valence-corrected chi connectivity index (χ2v) is 7.30. The van der Waals surface area contributed by atoms with Gasteiger partial charge in [0.2, 0.25) is 5.89 Å². The predicted molar refractivity (Wildman–Crippen MR) is 102 cm³/mol.